The Bertz CT molecular complexity index is 407. The van der Waals surface area contributed by atoms with Gasteiger partial charge in [-0.15, -0.1) is 0 Å². The molecule has 16 heavy (non-hydrogen) atoms. The highest BCUT2D eigenvalue weighted by Gasteiger charge is 2.19. The van der Waals surface area contributed by atoms with E-state index < -0.39 is 12.1 Å². The minimum Gasteiger partial charge on any atom is -0.479 e. The molecule has 0 saturated carbocycles. The highest BCUT2D eigenvalue weighted by atomic mass is 35.5. The number of hydrogen-bond donors (Lipinski definition) is 1. The van der Waals surface area contributed by atoms with E-state index in [0.717, 1.165) is 0 Å². The van der Waals surface area contributed by atoms with Gasteiger partial charge in [-0.3, -0.25) is 0 Å². The number of hydrogen-bond acceptors (Lipinski definition) is 2. The van der Waals surface area contributed by atoms with E-state index in [-0.39, 0.29) is 15.8 Å². The lowest BCUT2D eigenvalue weighted by Crippen LogP contribution is -2.26. The molecule has 88 valence electrons. The van der Waals surface area contributed by atoms with Gasteiger partial charge in [0.1, 0.15) is 10.8 Å². The molecule has 0 aromatic heterocycles. The van der Waals surface area contributed by atoms with Gasteiger partial charge in [-0.2, -0.15) is 0 Å². The van der Waals surface area contributed by atoms with Gasteiger partial charge >= 0.3 is 5.97 Å². The molecule has 0 bridgehead atoms. The Balaban J connectivity index is 3.00. The fourth-order valence-corrected chi connectivity index (χ4v) is 1.71. The molecule has 1 aromatic rings. The van der Waals surface area contributed by atoms with Gasteiger partial charge in [-0.1, -0.05) is 41.7 Å². The second-order valence-corrected chi connectivity index (χ2v) is 4.27. The maximum Gasteiger partial charge on any atom is 0.344 e. The van der Waals surface area contributed by atoms with E-state index in [0.29, 0.717) is 11.4 Å². The van der Waals surface area contributed by atoms with Crippen LogP contribution in [0.25, 0.3) is 0 Å². The van der Waals surface area contributed by atoms with Crippen LogP contribution < -0.4 is 4.74 Å². The Morgan fingerprint density at radius 3 is 2.56 bits per heavy atom. The summed E-state index contributed by atoms with van der Waals surface area (Å²) >= 11 is 17.4. The van der Waals surface area contributed by atoms with E-state index in [1.165, 1.54) is 12.1 Å². The molecule has 0 amide bonds. The lowest BCUT2D eigenvalue weighted by atomic mass is 10.2. The standard InChI is InChI=1S/C10H9Cl3O3/c1-2-7(10(14)15)16-8-4-5(11)3-6(12)9(8)13/h3-4,7H,2H2,1H3,(H,14,15). The first kappa shape index (κ1) is 13.4. The summed E-state index contributed by atoms with van der Waals surface area (Å²) in [6.45, 7) is 1.69. The van der Waals surface area contributed by atoms with Gasteiger partial charge in [-0.25, -0.2) is 4.79 Å². The topological polar surface area (TPSA) is 46.5 Å². The molecule has 1 unspecified atom stereocenters. The molecule has 0 spiro atoms. The summed E-state index contributed by atoms with van der Waals surface area (Å²) < 4.78 is 5.22. The van der Waals surface area contributed by atoms with Crippen LogP contribution in [0.5, 0.6) is 5.75 Å². The predicted molar refractivity (Wildman–Crippen MR) is 63.8 cm³/mol. The van der Waals surface area contributed by atoms with Crippen LogP contribution in [0.15, 0.2) is 12.1 Å². The van der Waals surface area contributed by atoms with Crippen LogP contribution in [0.1, 0.15) is 13.3 Å². The van der Waals surface area contributed by atoms with Crippen molar-refractivity contribution in [2.75, 3.05) is 0 Å². The first-order valence-corrected chi connectivity index (χ1v) is 5.63. The molecule has 0 aliphatic rings. The van der Waals surface area contributed by atoms with Crippen LogP contribution in [0.4, 0.5) is 0 Å². The minimum atomic E-state index is -1.06. The molecule has 1 rings (SSSR count). The van der Waals surface area contributed by atoms with E-state index in [2.05, 4.69) is 0 Å². The predicted octanol–water partition coefficient (Wildman–Crippen LogP) is 3.89. The molecule has 3 nitrogen and oxygen atoms in total. The van der Waals surface area contributed by atoms with E-state index in [1.807, 2.05) is 0 Å². The number of carboxylic acids is 1. The Morgan fingerprint density at radius 2 is 2.06 bits per heavy atom. The quantitative estimate of drug-likeness (QED) is 0.853. The van der Waals surface area contributed by atoms with Crippen LogP contribution in [0.3, 0.4) is 0 Å². The van der Waals surface area contributed by atoms with Gasteiger partial charge in [0.15, 0.2) is 6.10 Å². The number of benzene rings is 1. The molecule has 6 heteroatoms. The largest absolute Gasteiger partial charge is 0.479 e. The summed E-state index contributed by atoms with van der Waals surface area (Å²) in [7, 11) is 0. The first-order valence-electron chi connectivity index (χ1n) is 4.49. The summed E-state index contributed by atoms with van der Waals surface area (Å²) in [5, 5.41) is 9.55. The van der Waals surface area contributed by atoms with E-state index in [1.54, 1.807) is 6.92 Å². The van der Waals surface area contributed by atoms with Crippen molar-refractivity contribution in [3.8, 4) is 5.75 Å². The fraction of sp³-hybridized carbons (Fsp3) is 0.300. The van der Waals surface area contributed by atoms with E-state index in [9.17, 15) is 4.79 Å². The van der Waals surface area contributed by atoms with Crippen molar-refractivity contribution in [1.82, 2.24) is 0 Å². The van der Waals surface area contributed by atoms with Crippen LogP contribution in [-0.4, -0.2) is 17.2 Å². The van der Waals surface area contributed by atoms with Crippen molar-refractivity contribution >= 4 is 40.8 Å². The number of carboxylic acid groups (broad SMARTS) is 1. The Hall–Kier alpha value is -0.640. The number of carbonyl (C=O) groups is 1. The number of halogens is 3. The molecular formula is C10H9Cl3O3. The highest BCUT2D eigenvalue weighted by Crippen LogP contribution is 2.35. The molecule has 0 radical (unpaired) electrons. The Morgan fingerprint density at radius 1 is 1.44 bits per heavy atom. The summed E-state index contributed by atoms with van der Waals surface area (Å²) in [5.41, 5.74) is 0. The monoisotopic (exact) mass is 282 g/mol. The molecule has 0 saturated heterocycles. The third kappa shape index (κ3) is 3.17. The number of ether oxygens (including phenoxy) is 1. The molecule has 1 aromatic carbocycles. The minimum absolute atomic E-state index is 0.158. The molecule has 0 aliphatic carbocycles. The second-order valence-electron chi connectivity index (χ2n) is 3.05. The maximum atomic E-state index is 10.8. The normalized spacial score (nSPS) is 12.2. The molecule has 1 N–H and O–H groups in total. The zero-order valence-corrected chi connectivity index (χ0v) is 10.6. The summed E-state index contributed by atoms with van der Waals surface area (Å²) in [6.07, 6.45) is -0.650. The van der Waals surface area contributed by atoms with Gasteiger partial charge in [0, 0.05) is 11.1 Å². The van der Waals surface area contributed by atoms with Gasteiger partial charge in [0.05, 0.1) is 5.02 Å². The third-order valence-corrected chi connectivity index (χ3v) is 2.88. The average Bonchev–Trinajstić information content (AvgIpc) is 2.20. The Labute approximate surface area is 108 Å². The summed E-state index contributed by atoms with van der Waals surface area (Å²) in [4.78, 5) is 10.8. The van der Waals surface area contributed by atoms with Crippen molar-refractivity contribution in [2.24, 2.45) is 0 Å². The van der Waals surface area contributed by atoms with Crippen LogP contribution in [-0.2, 0) is 4.79 Å². The van der Waals surface area contributed by atoms with Gasteiger partial charge in [0.2, 0.25) is 0 Å². The first-order chi connectivity index (χ1) is 7.45. The van der Waals surface area contributed by atoms with Crippen LogP contribution in [0, 0.1) is 0 Å². The lowest BCUT2D eigenvalue weighted by molar-refractivity contribution is -0.145. The maximum absolute atomic E-state index is 10.8. The van der Waals surface area contributed by atoms with Crippen molar-refractivity contribution in [2.45, 2.75) is 19.4 Å². The van der Waals surface area contributed by atoms with Gasteiger partial charge in [0.25, 0.3) is 0 Å². The van der Waals surface area contributed by atoms with Crippen molar-refractivity contribution in [3.63, 3.8) is 0 Å². The second kappa shape index (κ2) is 5.62. The summed E-state index contributed by atoms with van der Waals surface area (Å²) in [5.74, 6) is -0.886. The number of aliphatic carboxylic acids is 1. The van der Waals surface area contributed by atoms with E-state index in [4.69, 9.17) is 44.6 Å². The fourth-order valence-electron chi connectivity index (χ4n) is 1.08. The lowest BCUT2D eigenvalue weighted by Gasteiger charge is -2.15. The Kier molecular flexibility index (Phi) is 4.71. The number of rotatable bonds is 4. The van der Waals surface area contributed by atoms with Gasteiger partial charge < -0.3 is 9.84 Å². The highest BCUT2D eigenvalue weighted by molar-refractivity contribution is 6.44. The molecule has 0 heterocycles. The average molecular weight is 284 g/mol. The molecule has 0 aliphatic heterocycles. The smallest absolute Gasteiger partial charge is 0.344 e. The van der Waals surface area contributed by atoms with Crippen LogP contribution in [0.2, 0.25) is 15.1 Å². The van der Waals surface area contributed by atoms with Crippen molar-refractivity contribution in [1.29, 1.82) is 0 Å². The molecule has 0 fully saturated rings. The van der Waals surface area contributed by atoms with Crippen molar-refractivity contribution in [3.05, 3.63) is 27.2 Å². The van der Waals surface area contributed by atoms with Crippen molar-refractivity contribution < 1.29 is 14.6 Å². The molecule has 1 atom stereocenters. The van der Waals surface area contributed by atoms with E-state index >= 15 is 0 Å². The SMILES string of the molecule is CCC(Oc1cc(Cl)cc(Cl)c1Cl)C(=O)O. The third-order valence-electron chi connectivity index (χ3n) is 1.88. The van der Waals surface area contributed by atoms with Crippen LogP contribution >= 0.6 is 34.8 Å². The zero-order valence-electron chi connectivity index (χ0n) is 8.34. The summed E-state index contributed by atoms with van der Waals surface area (Å²) in [6, 6.07) is 2.89. The van der Waals surface area contributed by atoms with Gasteiger partial charge in [-0.05, 0) is 12.5 Å². The zero-order chi connectivity index (χ0) is 12.3. The molecular weight excluding hydrogens is 274 g/mol.